The average Bonchev–Trinajstić information content (AvgIpc) is 2.50. The summed E-state index contributed by atoms with van der Waals surface area (Å²) < 4.78 is 0. The summed E-state index contributed by atoms with van der Waals surface area (Å²) in [6.45, 7) is 1.96. The standard InChI is InChI=1S/C12H24N2O2/c1-2-9(8-15)14-12(16)10-6-4-3-5-7-11(10)13/h9-11,15H,2-8,13H2,1H3,(H,14,16)/t9-,10?,11?/m0/s1. The SMILES string of the molecule is CC[C@@H](CO)NC(=O)C1CCCCCC1N. The van der Waals surface area contributed by atoms with Gasteiger partial charge >= 0.3 is 0 Å². The molecule has 0 spiro atoms. The molecule has 1 fully saturated rings. The van der Waals surface area contributed by atoms with E-state index >= 15 is 0 Å². The zero-order valence-corrected chi connectivity index (χ0v) is 10.1. The van der Waals surface area contributed by atoms with E-state index in [1.807, 2.05) is 6.92 Å². The lowest BCUT2D eigenvalue weighted by Crippen LogP contribution is -2.46. The lowest BCUT2D eigenvalue weighted by molar-refractivity contribution is -0.126. The number of nitrogens with one attached hydrogen (secondary N) is 1. The number of nitrogens with two attached hydrogens (primary N) is 1. The lowest BCUT2D eigenvalue weighted by atomic mass is 9.94. The van der Waals surface area contributed by atoms with Crippen LogP contribution in [-0.4, -0.2) is 29.7 Å². The van der Waals surface area contributed by atoms with Gasteiger partial charge in [0, 0.05) is 6.04 Å². The first-order valence-corrected chi connectivity index (χ1v) is 6.35. The van der Waals surface area contributed by atoms with Crippen LogP contribution in [0.5, 0.6) is 0 Å². The van der Waals surface area contributed by atoms with Crippen molar-refractivity contribution in [3.05, 3.63) is 0 Å². The van der Waals surface area contributed by atoms with Gasteiger partial charge in [-0.15, -0.1) is 0 Å². The van der Waals surface area contributed by atoms with Crippen LogP contribution in [0.15, 0.2) is 0 Å². The Labute approximate surface area is 97.6 Å². The summed E-state index contributed by atoms with van der Waals surface area (Å²) in [6, 6.07) is -0.137. The molecule has 0 aromatic heterocycles. The van der Waals surface area contributed by atoms with E-state index < -0.39 is 0 Å². The molecule has 0 heterocycles. The molecule has 3 atom stereocenters. The van der Waals surface area contributed by atoms with Crippen LogP contribution < -0.4 is 11.1 Å². The highest BCUT2D eigenvalue weighted by atomic mass is 16.3. The molecule has 0 aromatic carbocycles. The predicted molar refractivity (Wildman–Crippen MR) is 63.9 cm³/mol. The molecule has 2 unspecified atom stereocenters. The third kappa shape index (κ3) is 3.76. The van der Waals surface area contributed by atoms with Crippen molar-refractivity contribution in [2.75, 3.05) is 6.61 Å². The van der Waals surface area contributed by atoms with Gasteiger partial charge in [-0.25, -0.2) is 0 Å². The van der Waals surface area contributed by atoms with Crippen molar-refractivity contribution >= 4 is 5.91 Å². The van der Waals surface area contributed by atoms with Gasteiger partial charge in [0.2, 0.25) is 5.91 Å². The number of hydrogen-bond donors (Lipinski definition) is 3. The van der Waals surface area contributed by atoms with Gasteiger partial charge in [-0.3, -0.25) is 4.79 Å². The first kappa shape index (κ1) is 13.5. The first-order valence-electron chi connectivity index (χ1n) is 6.35. The van der Waals surface area contributed by atoms with E-state index in [1.54, 1.807) is 0 Å². The minimum Gasteiger partial charge on any atom is -0.394 e. The van der Waals surface area contributed by atoms with Crippen LogP contribution in [0, 0.1) is 5.92 Å². The Morgan fingerprint density at radius 1 is 1.44 bits per heavy atom. The van der Waals surface area contributed by atoms with Gasteiger partial charge < -0.3 is 16.2 Å². The maximum absolute atomic E-state index is 12.0. The molecular formula is C12H24N2O2. The van der Waals surface area contributed by atoms with Crippen LogP contribution >= 0.6 is 0 Å². The molecule has 1 amide bonds. The molecule has 4 heteroatoms. The molecule has 0 aromatic rings. The summed E-state index contributed by atoms with van der Waals surface area (Å²) in [4.78, 5) is 12.0. The number of carbonyl (C=O) groups excluding carboxylic acids is 1. The minimum absolute atomic E-state index is 0.00416. The fraction of sp³-hybridized carbons (Fsp3) is 0.917. The molecule has 4 N–H and O–H groups in total. The van der Waals surface area contributed by atoms with Crippen molar-refractivity contribution in [3.8, 4) is 0 Å². The highest BCUT2D eigenvalue weighted by Crippen LogP contribution is 2.22. The Kier molecular flexibility index (Phi) is 5.77. The Bertz CT molecular complexity index is 217. The Hall–Kier alpha value is -0.610. The van der Waals surface area contributed by atoms with Gasteiger partial charge in [0.15, 0.2) is 0 Å². The van der Waals surface area contributed by atoms with E-state index in [9.17, 15) is 4.79 Å². The Morgan fingerprint density at radius 3 is 2.75 bits per heavy atom. The Morgan fingerprint density at radius 2 is 2.12 bits per heavy atom. The molecule has 0 aliphatic heterocycles. The monoisotopic (exact) mass is 228 g/mol. The van der Waals surface area contributed by atoms with Crippen molar-refractivity contribution in [1.29, 1.82) is 0 Å². The van der Waals surface area contributed by atoms with Gasteiger partial charge in [-0.2, -0.15) is 0 Å². The van der Waals surface area contributed by atoms with Gasteiger partial charge in [0.25, 0.3) is 0 Å². The minimum atomic E-state index is -0.122. The summed E-state index contributed by atoms with van der Waals surface area (Å²) in [5.74, 6) is -0.0431. The third-order valence-corrected chi connectivity index (χ3v) is 3.47. The van der Waals surface area contributed by atoms with E-state index in [0.29, 0.717) is 0 Å². The topological polar surface area (TPSA) is 75.3 Å². The maximum atomic E-state index is 12.0. The van der Waals surface area contributed by atoms with Crippen molar-refractivity contribution in [3.63, 3.8) is 0 Å². The third-order valence-electron chi connectivity index (χ3n) is 3.47. The number of aliphatic hydroxyl groups is 1. The van der Waals surface area contributed by atoms with Crippen LogP contribution in [-0.2, 0) is 4.79 Å². The maximum Gasteiger partial charge on any atom is 0.224 e. The summed E-state index contributed by atoms with van der Waals surface area (Å²) in [6.07, 6.45) is 5.96. The number of amides is 1. The van der Waals surface area contributed by atoms with Gasteiger partial charge in [-0.1, -0.05) is 26.2 Å². The number of carbonyl (C=O) groups is 1. The van der Waals surface area contributed by atoms with E-state index in [-0.39, 0.29) is 30.5 Å². The van der Waals surface area contributed by atoms with Crippen LogP contribution in [0.3, 0.4) is 0 Å². The van der Waals surface area contributed by atoms with Gasteiger partial charge in [0.05, 0.1) is 18.6 Å². The molecule has 1 rings (SSSR count). The Balaban J connectivity index is 2.50. The fourth-order valence-electron chi connectivity index (χ4n) is 2.25. The van der Waals surface area contributed by atoms with E-state index in [4.69, 9.17) is 10.8 Å². The second kappa shape index (κ2) is 6.86. The quantitative estimate of drug-likeness (QED) is 0.622. The van der Waals surface area contributed by atoms with Crippen LogP contribution in [0.2, 0.25) is 0 Å². The molecule has 0 radical (unpaired) electrons. The molecule has 1 aliphatic carbocycles. The largest absolute Gasteiger partial charge is 0.394 e. The average molecular weight is 228 g/mol. The van der Waals surface area contributed by atoms with Gasteiger partial charge in [-0.05, 0) is 19.3 Å². The van der Waals surface area contributed by atoms with Crippen molar-refractivity contribution in [2.45, 2.75) is 57.5 Å². The molecule has 1 saturated carbocycles. The zero-order valence-electron chi connectivity index (χ0n) is 10.1. The molecule has 94 valence electrons. The normalized spacial score (nSPS) is 28.2. The van der Waals surface area contributed by atoms with Crippen LogP contribution in [0.1, 0.15) is 45.4 Å². The van der Waals surface area contributed by atoms with Crippen molar-refractivity contribution in [2.24, 2.45) is 11.7 Å². The summed E-state index contributed by atoms with van der Waals surface area (Å²) in [5.41, 5.74) is 6.02. The zero-order chi connectivity index (χ0) is 12.0. The molecule has 4 nitrogen and oxygen atoms in total. The van der Waals surface area contributed by atoms with E-state index in [2.05, 4.69) is 5.32 Å². The van der Waals surface area contributed by atoms with E-state index in [0.717, 1.165) is 32.1 Å². The highest BCUT2D eigenvalue weighted by molar-refractivity contribution is 5.79. The number of hydrogen-bond acceptors (Lipinski definition) is 3. The predicted octanol–water partition coefficient (Wildman–Crippen LogP) is 0.781. The summed E-state index contributed by atoms with van der Waals surface area (Å²) in [5, 5.41) is 11.9. The van der Waals surface area contributed by atoms with E-state index in [1.165, 1.54) is 6.42 Å². The molecule has 1 aliphatic rings. The summed E-state index contributed by atoms with van der Waals surface area (Å²) >= 11 is 0. The second-order valence-corrected chi connectivity index (χ2v) is 4.70. The molecule has 0 saturated heterocycles. The van der Waals surface area contributed by atoms with Crippen LogP contribution in [0.4, 0.5) is 0 Å². The second-order valence-electron chi connectivity index (χ2n) is 4.70. The number of aliphatic hydroxyl groups excluding tert-OH is 1. The first-order chi connectivity index (χ1) is 7.69. The smallest absolute Gasteiger partial charge is 0.224 e. The fourth-order valence-corrected chi connectivity index (χ4v) is 2.25. The van der Waals surface area contributed by atoms with Crippen molar-refractivity contribution in [1.82, 2.24) is 5.32 Å². The lowest BCUT2D eigenvalue weighted by Gasteiger charge is -2.23. The van der Waals surface area contributed by atoms with Gasteiger partial charge in [0.1, 0.15) is 0 Å². The van der Waals surface area contributed by atoms with Crippen LogP contribution in [0.25, 0.3) is 0 Å². The molecule has 16 heavy (non-hydrogen) atoms. The highest BCUT2D eigenvalue weighted by Gasteiger charge is 2.27. The van der Waals surface area contributed by atoms with Crippen molar-refractivity contribution < 1.29 is 9.90 Å². The summed E-state index contributed by atoms with van der Waals surface area (Å²) in [7, 11) is 0. The molecule has 0 bridgehead atoms. The number of rotatable bonds is 4. The molecular weight excluding hydrogens is 204 g/mol.